The Balaban J connectivity index is 1.94. The van der Waals surface area contributed by atoms with Gasteiger partial charge in [0, 0.05) is 19.2 Å². The average Bonchev–Trinajstić information content (AvgIpc) is 2.56. The van der Waals surface area contributed by atoms with Crippen molar-refractivity contribution in [2.75, 3.05) is 25.2 Å². The minimum Gasteiger partial charge on any atom is -0.343 e. The van der Waals surface area contributed by atoms with Gasteiger partial charge in [0.1, 0.15) is 0 Å². The smallest absolute Gasteiger partial charge is 0.264 e. The molecule has 3 N–H and O–H groups in total. The zero-order chi connectivity index (χ0) is 18.3. The van der Waals surface area contributed by atoms with Gasteiger partial charge in [-0.05, 0) is 30.7 Å². The summed E-state index contributed by atoms with van der Waals surface area (Å²) in [5, 5.41) is 5.58. The molecule has 0 spiro atoms. The third-order valence-electron chi connectivity index (χ3n) is 3.69. The number of guanidine groups is 1. The summed E-state index contributed by atoms with van der Waals surface area (Å²) >= 11 is 0. The molecule has 1 amide bonds. The van der Waals surface area contributed by atoms with Crippen LogP contribution in [0.1, 0.15) is 33.1 Å². The zero-order valence-corrected chi connectivity index (χ0v) is 15.4. The lowest BCUT2D eigenvalue weighted by atomic mass is 10.2. The molecule has 0 saturated heterocycles. The molecule has 0 unspecified atom stereocenters. The summed E-state index contributed by atoms with van der Waals surface area (Å²) in [6.07, 6.45) is 3.44. The van der Waals surface area contributed by atoms with E-state index >= 15 is 0 Å². The summed E-state index contributed by atoms with van der Waals surface area (Å²) in [5.41, 5.74) is 0.544. The molecule has 0 bridgehead atoms. The van der Waals surface area contributed by atoms with E-state index in [4.69, 9.17) is 0 Å². The largest absolute Gasteiger partial charge is 0.343 e. The molecular weight excluding hydrogens is 342 g/mol. The van der Waals surface area contributed by atoms with Crippen LogP contribution in [0.15, 0.2) is 34.2 Å². The Morgan fingerprint density at radius 3 is 2.56 bits per heavy atom. The highest BCUT2D eigenvalue weighted by atomic mass is 32.2. The van der Waals surface area contributed by atoms with Crippen LogP contribution >= 0.6 is 0 Å². The Bertz CT molecular complexity index is 716. The van der Waals surface area contributed by atoms with Crippen LogP contribution in [0.3, 0.4) is 0 Å². The number of unbranched alkanes of at least 4 members (excludes halogenated alkanes) is 2. The van der Waals surface area contributed by atoms with Gasteiger partial charge in [0.2, 0.25) is 11.9 Å². The van der Waals surface area contributed by atoms with E-state index in [2.05, 4.69) is 32.2 Å². The van der Waals surface area contributed by atoms with E-state index in [-0.39, 0.29) is 16.8 Å². The average molecular weight is 367 g/mol. The second-order valence-corrected chi connectivity index (χ2v) is 7.58. The maximum absolute atomic E-state index is 12.4. The molecule has 0 saturated carbocycles. The number of sulfonamides is 1. The van der Waals surface area contributed by atoms with Crippen molar-refractivity contribution in [3.8, 4) is 0 Å². The van der Waals surface area contributed by atoms with Crippen molar-refractivity contribution in [3.05, 3.63) is 24.3 Å². The Morgan fingerprint density at radius 2 is 2.00 bits per heavy atom. The van der Waals surface area contributed by atoms with Crippen molar-refractivity contribution in [2.45, 2.75) is 38.0 Å². The van der Waals surface area contributed by atoms with Gasteiger partial charge in [0.05, 0.1) is 18.2 Å². The van der Waals surface area contributed by atoms with Crippen LogP contribution in [0.5, 0.6) is 0 Å². The first-order valence-corrected chi connectivity index (χ1v) is 9.80. The van der Waals surface area contributed by atoms with Gasteiger partial charge in [-0.1, -0.05) is 19.8 Å². The van der Waals surface area contributed by atoms with Crippen molar-refractivity contribution in [2.24, 2.45) is 4.99 Å². The highest BCUT2D eigenvalue weighted by Gasteiger charge is 2.19. The molecule has 0 fully saturated rings. The van der Waals surface area contributed by atoms with E-state index in [0.717, 1.165) is 19.4 Å². The minimum absolute atomic E-state index is 0.108. The summed E-state index contributed by atoms with van der Waals surface area (Å²) in [5.74, 6) is 0.0377. The number of benzene rings is 1. The summed E-state index contributed by atoms with van der Waals surface area (Å²) in [6, 6.07) is 5.96. The molecule has 0 radical (unpaired) electrons. The molecule has 138 valence electrons. The molecule has 8 nitrogen and oxygen atoms in total. The van der Waals surface area contributed by atoms with Gasteiger partial charge in [0.25, 0.3) is 10.0 Å². The van der Waals surface area contributed by atoms with Crippen molar-refractivity contribution in [1.82, 2.24) is 14.9 Å². The number of hydrogen-bond donors (Lipinski definition) is 3. The van der Waals surface area contributed by atoms with Crippen molar-refractivity contribution in [3.63, 3.8) is 0 Å². The summed E-state index contributed by atoms with van der Waals surface area (Å²) in [7, 11) is -3.72. The number of amides is 1. The zero-order valence-electron chi connectivity index (χ0n) is 14.6. The highest BCUT2D eigenvalue weighted by molar-refractivity contribution is 7.90. The van der Waals surface area contributed by atoms with Crippen LogP contribution in [-0.4, -0.2) is 45.1 Å². The van der Waals surface area contributed by atoms with Crippen LogP contribution in [0.4, 0.5) is 5.69 Å². The molecular formula is C16H25N5O3S. The molecule has 0 aliphatic carbocycles. The predicted molar refractivity (Wildman–Crippen MR) is 97.6 cm³/mol. The fourth-order valence-corrected chi connectivity index (χ4v) is 3.38. The summed E-state index contributed by atoms with van der Waals surface area (Å²) in [4.78, 5) is 17.5. The number of carbonyl (C=O) groups excluding carboxylic acids is 1. The lowest BCUT2D eigenvalue weighted by Gasteiger charge is -2.26. The Morgan fingerprint density at radius 1 is 1.28 bits per heavy atom. The van der Waals surface area contributed by atoms with Gasteiger partial charge in [-0.2, -0.15) is 0 Å². The summed E-state index contributed by atoms with van der Waals surface area (Å²) < 4.78 is 27.2. The second kappa shape index (κ2) is 8.82. The lowest BCUT2D eigenvalue weighted by Crippen LogP contribution is -2.50. The first-order chi connectivity index (χ1) is 11.9. The Labute approximate surface area is 148 Å². The van der Waals surface area contributed by atoms with Crippen LogP contribution < -0.4 is 15.4 Å². The standard InChI is InChI=1S/C16H25N5O3S/c1-3-4-5-10-21-11-17-16(18-12-21)20-25(23,24)15-8-6-14(7-9-15)19-13(2)22/h6-9H,3-5,10-12H2,1-2H3,(H,19,22)(H2,17,18,20). The van der Waals surface area contributed by atoms with E-state index < -0.39 is 10.0 Å². The molecule has 1 aromatic carbocycles. The second-order valence-electron chi connectivity index (χ2n) is 5.90. The maximum atomic E-state index is 12.4. The Kier molecular flexibility index (Phi) is 6.77. The molecule has 2 rings (SSSR count). The van der Waals surface area contributed by atoms with Crippen molar-refractivity contribution < 1.29 is 13.2 Å². The van der Waals surface area contributed by atoms with Gasteiger partial charge in [-0.25, -0.2) is 18.1 Å². The van der Waals surface area contributed by atoms with Crippen LogP contribution in [0.2, 0.25) is 0 Å². The first-order valence-electron chi connectivity index (χ1n) is 8.32. The number of nitrogens with one attached hydrogen (secondary N) is 3. The predicted octanol–water partition coefficient (Wildman–Crippen LogP) is 1.29. The number of rotatable bonds is 7. The van der Waals surface area contributed by atoms with Crippen molar-refractivity contribution >= 4 is 27.6 Å². The number of carbonyl (C=O) groups is 1. The minimum atomic E-state index is -3.72. The summed E-state index contributed by atoms with van der Waals surface area (Å²) in [6.45, 7) is 5.52. The van der Waals surface area contributed by atoms with Gasteiger partial charge >= 0.3 is 0 Å². The van der Waals surface area contributed by atoms with Crippen molar-refractivity contribution in [1.29, 1.82) is 0 Å². The van der Waals surface area contributed by atoms with E-state index in [1.54, 1.807) is 12.1 Å². The quantitative estimate of drug-likeness (QED) is 0.630. The van der Waals surface area contributed by atoms with E-state index in [9.17, 15) is 13.2 Å². The highest BCUT2D eigenvalue weighted by Crippen LogP contribution is 2.14. The van der Waals surface area contributed by atoms with E-state index in [1.807, 2.05) is 0 Å². The monoisotopic (exact) mass is 367 g/mol. The molecule has 1 heterocycles. The SMILES string of the molecule is CCCCCN1CN=C(NS(=O)(=O)c2ccc(NC(C)=O)cc2)NC1. The van der Waals surface area contributed by atoms with Crippen LogP contribution in [0, 0.1) is 0 Å². The normalized spacial score (nSPS) is 15.2. The van der Waals surface area contributed by atoms with Gasteiger partial charge < -0.3 is 10.6 Å². The maximum Gasteiger partial charge on any atom is 0.264 e. The third-order valence-corrected chi connectivity index (χ3v) is 5.05. The fourth-order valence-electron chi connectivity index (χ4n) is 2.37. The molecule has 1 aromatic rings. The molecule has 25 heavy (non-hydrogen) atoms. The number of aliphatic imine (C=N–C) groups is 1. The van der Waals surface area contributed by atoms with Crippen LogP contribution in [0.25, 0.3) is 0 Å². The van der Waals surface area contributed by atoms with Gasteiger partial charge in [0.15, 0.2) is 0 Å². The molecule has 1 aliphatic rings. The number of nitrogens with zero attached hydrogens (tertiary/aromatic N) is 2. The Hall–Kier alpha value is -2.13. The first kappa shape index (κ1) is 19.2. The van der Waals surface area contributed by atoms with Crippen LogP contribution in [-0.2, 0) is 14.8 Å². The van der Waals surface area contributed by atoms with Gasteiger partial charge in [-0.3, -0.25) is 9.69 Å². The lowest BCUT2D eigenvalue weighted by molar-refractivity contribution is -0.114. The fraction of sp³-hybridized carbons (Fsp3) is 0.500. The molecule has 0 atom stereocenters. The topological polar surface area (TPSA) is 103 Å². The number of hydrogen-bond acceptors (Lipinski definition) is 6. The van der Waals surface area contributed by atoms with Gasteiger partial charge in [-0.15, -0.1) is 0 Å². The molecule has 0 aromatic heterocycles. The number of anilines is 1. The molecule has 9 heteroatoms. The third kappa shape index (κ3) is 6.02. The molecule has 1 aliphatic heterocycles. The van der Waals surface area contributed by atoms with E-state index in [1.165, 1.54) is 25.5 Å². The van der Waals surface area contributed by atoms with E-state index in [0.29, 0.717) is 19.0 Å².